The molecule has 3 heterocycles. The Kier molecular flexibility index (Phi) is 4.82. The number of hydrogen-bond acceptors (Lipinski definition) is 4. The van der Waals surface area contributed by atoms with Gasteiger partial charge in [0.25, 0.3) is 0 Å². The van der Waals surface area contributed by atoms with Gasteiger partial charge in [0, 0.05) is 36.1 Å². The van der Waals surface area contributed by atoms with Gasteiger partial charge in [-0.25, -0.2) is 9.78 Å². The summed E-state index contributed by atoms with van der Waals surface area (Å²) in [4.78, 5) is 19.6. The van der Waals surface area contributed by atoms with Crippen LogP contribution in [0.25, 0.3) is 22.2 Å². The lowest BCUT2D eigenvalue weighted by Crippen LogP contribution is -2.33. The molecule has 4 rings (SSSR count). The van der Waals surface area contributed by atoms with Crippen LogP contribution in [-0.4, -0.2) is 31.6 Å². The van der Waals surface area contributed by atoms with Gasteiger partial charge in [-0.2, -0.15) is 23.0 Å². The Hall–Kier alpha value is -2.84. The molecule has 1 aliphatic carbocycles. The first kappa shape index (κ1) is 18.5. The van der Waals surface area contributed by atoms with Crippen molar-refractivity contribution < 1.29 is 22.8 Å². The third kappa shape index (κ3) is 3.74. The molecule has 0 bridgehead atoms. The number of halogens is 3. The topological polar surface area (TPSA) is 61.9 Å². The van der Waals surface area contributed by atoms with Crippen molar-refractivity contribution in [2.75, 3.05) is 0 Å². The van der Waals surface area contributed by atoms with Crippen LogP contribution >= 0.6 is 0 Å². The minimum Gasteiger partial charge on any atom is -0.326 e. The number of alkyl halides is 3. The summed E-state index contributed by atoms with van der Waals surface area (Å²) in [5.41, 5.74) is 1.74. The molecule has 1 saturated carbocycles. The first-order valence-electron chi connectivity index (χ1n) is 9.20. The predicted molar refractivity (Wildman–Crippen MR) is 95.2 cm³/mol. The van der Waals surface area contributed by atoms with Crippen molar-refractivity contribution in [2.45, 2.75) is 44.8 Å². The Labute approximate surface area is 158 Å². The van der Waals surface area contributed by atoms with Crippen molar-refractivity contribution in [2.24, 2.45) is 5.92 Å². The van der Waals surface area contributed by atoms with Crippen LogP contribution in [0.15, 0.2) is 36.9 Å². The Morgan fingerprint density at radius 3 is 2.75 bits per heavy atom. The summed E-state index contributed by atoms with van der Waals surface area (Å²) in [6, 6.07) is 3.33. The molecule has 3 aromatic heterocycles. The number of aromatic nitrogens is 4. The second-order valence-electron chi connectivity index (χ2n) is 7.07. The number of hydrogen-bond donors (Lipinski definition) is 0. The Morgan fingerprint density at radius 1 is 1.21 bits per heavy atom. The van der Waals surface area contributed by atoms with Gasteiger partial charge < -0.3 is 4.84 Å². The number of carbonyl (C=O) groups excluding carboxylic acids is 1. The van der Waals surface area contributed by atoms with E-state index in [1.54, 1.807) is 18.3 Å². The van der Waals surface area contributed by atoms with E-state index in [9.17, 15) is 18.0 Å². The highest BCUT2D eigenvalue weighted by Gasteiger charge is 2.42. The number of pyridine rings is 1. The molecule has 1 fully saturated rings. The lowest BCUT2D eigenvalue weighted by molar-refractivity contribution is -0.199. The van der Waals surface area contributed by atoms with Gasteiger partial charge in [-0.3, -0.25) is 4.68 Å². The minimum absolute atomic E-state index is 0.134. The quantitative estimate of drug-likeness (QED) is 0.673. The maximum Gasteiger partial charge on any atom is 0.493 e. The van der Waals surface area contributed by atoms with E-state index in [1.165, 1.54) is 44.5 Å². The van der Waals surface area contributed by atoms with E-state index in [4.69, 9.17) is 0 Å². The van der Waals surface area contributed by atoms with Crippen LogP contribution in [0.5, 0.6) is 0 Å². The molecule has 6 nitrogen and oxygen atoms in total. The van der Waals surface area contributed by atoms with E-state index < -0.39 is 12.1 Å². The van der Waals surface area contributed by atoms with Crippen LogP contribution in [0.1, 0.15) is 32.1 Å². The van der Waals surface area contributed by atoms with Gasteiger partial charge in [-0.05, 0) is 36.5 Å². The van der Waals surface area contributed by atoms with E-state index in [-0.39, 0.29) is 5.65 Å². The van der Waals surface area contributed by atoms with Gasteiger partial charge in [-0.1, -0.05) is 19.3 Å². The van der Waals surface area contributed by atoms with Crippen molar-refractivity contribution in [1.82, 2.24) is 19.5 Å². The van der Waals surface area contributed by atoms with E-state index in [0.717, 1.165) is 22.4 Å². The van der Waals surface area contributed by atoms with Crippen LogP contribution in [0.2, 0.25) is 0 Å². The number of fused-ring (bicyclic) bond motifs is 1. The zero-order valence-electron chi connectivity index (χ0n) is 15.0. The van der Waals surface area contributed by atoms with Crippen molar-refractivity contribution >= 4 is 17.0 Å². The molecule has 28 heavy (non-hydrogen) atoms. The van der Waals surface area contributed by atoms with Gasteiger partial charge >= 0.3 is 12.1 Å². The second kappa shape index (κ2) is 7.29. The minimum atomic E-state index is -5.07. The fourth-order valence-electron chi connectivity index (χ4n) is 3.72. The zero-order valence-corrected chi connectivity index (χ0v) is 15.0. The van der Waals surface area contributed by atoms with E-state index in [0.29, 0.717) is 11.3 Å². The van der Waals surface area contributed by atoms with Gasteiger partial charge in [0.15, 0.2) is 5.65 Å². The number of carbonyl (C=O) groups is 1. The third-order valence-corrected chi connectivity index (χ3v) is 5.08. The van der Waals surface area contributed by atoms with Crippen LogP contribution in [0.4, 0.5) is 13.2 Å². The van der Waals surface area contributed by atoms with Crippen LogP contribution in [-0.2, 0) is 11.3 Å². The fourth-order valence-corrected chi connectivity index (χ4v) is 3.72. The van der Waals surface area contributed by atoms with Gasteiger partial charge in [0.1, 0.15) is 0 Å². The van der Waals surface area contributed by atoms with Gasteiger partial charge in [0.2, 0.25) is 0 Å². The summed E-state index contributed by atoms with van der Waals surface area (Å²) in [5.74, 6) is -1.67. The van der Waals surface area contributed by atoms with E-state index in [1.807, 2.05) is 10.9 Å². The summed E-state index contributed by atoms with van der Waals surface area (Å²) in [6.07, 6.45) is 7.54. The van der Waals surface area contributed by atoms with Crippen LogP contribution in [0, 0.1) is 5.92 Å². The normalized spacial score (nSPS) is 15.8. The smallest absolute Gasteiger partial charge is 0.326 e. The molecule has 0 saturated heterocycles. The molecule has 148 valence electrons. The molecule has 0 amide bonds. The summed E-state index contributed by atoms with van der Waals surface area (Å²) in [6.45, 7) is 0.860. The molecule has 1 aliphatic rings. The molecular weight excluding hydrogens is 373 g/mol. The van der Waals surface area contributed by atoms with Crippen molar-refractivity contribution in [1.29, 1.82) is 0 Å². The third-order valence-electron chi connectivity index (χ3n) is 5.08. The van der Waals surface area contributed by atoms with E-state index in [2.05, 4.69) is 14.9 Å². The first-order valence-corrected chi connectivity index (χ1v) is 9.20. The molecule has 9 heteroatoms. The molecule has 0 spiro atoms. The highest BCUT2D eigenvalue weighted by atomic mass is 19.4. The second-order valence-corrected chi connectivity index (χ2v) is 7.07. The van der Waals surface area contributed by atoms with Gasteiger partial charge in [-0.15, -0.1) is 0 Å². The Morgan fingerprint density at radius 2 is 2.00 bits per heavy atom. The van der Waals surface area contributed by atoms with Crippen LogP contribution in [0.3, 0.4) is 0 Å². The number of nitrogens with zero attached hydrogens (tertiary/aromatic N) is 4. The fraction of sp³-hybridized carbons (Fsp3) is 0.421. The molecule has 0 N–H and O–H groups in total. The number of rotatable bonds is 4. The predicted octanol–water partition coefficient (Wildman–Crippen LogP) is 4.00. The highest BCUT2D eigenvalue weighted by molar-refractivity contribution is 5.93. The maximum atomic E-state index is 12.5. The van der Waals surface area contributed by atoms with Crippen LogP contribution < -0.4 is 4.84 Å². The monoisotopic (exact) mass is 392 g/mol. The van der Waals surface area contributed by atoms with Crippen molar-refractivity contribution in [3.63, 3.8) is 0 Å². The highest BCUT2D eigenvalue weighted by Crippen LogP contribution is 2.29. The van der Waals surface area contributed by atoms with Gasteiger partial charge in [0.05, 0.1) is 6.20 Å². The average molecular weight is 392 g/mol. The Balaban J connectivity index is 1.59. The zero-order chi connectivity index (χ0) is 19.7. The maximum absolute atomic E-state index is 12.5. The standard InChI is InChI=1S/C19H19F3N4O2/c20-19(21,22)18(27)28-26-9-7-16-15(6-8-23-17(16)26)14-10-24-25(12-14)11-13-4-2-1-3-5-13/h6-10,12-13H,1-5,11H2. The summed E-state index contributed by atoms with van der Waals surface area (Å²) < 4.78 is 40.0. The molecule has 0 unspecified atom stereocenters. The summed E-state index contributed by atoms with van der Waals surface area (Å²) in [5, 5.41) is 5.01. The first-order chi connectivity index (χ1) is 13.4. The van der Waals surface area contributed by atoms with Crippen molar-refractivity contribution in [3.05, 3.63) is 36.9 Å². The lowest BCUT2D eigenvalue weighted by Gasteiger charge is -2.21. The molecule has 3 aromatic rings. The van der Waals surface area contributed by atoms with Crippen molar-refractivity contribution in [3.8, 4) is 11.1 Å². The summed E-state index contributed by atoms with van der Waals surface area (Å²) in [7, 11) is 0. The average Bonchev–Trinajstić information content (AvgIpc) is 3.29. The molecule has 0 atom stereocenters. The molecular formula is C19H19F3N4O2. The lowest BCUT2D eigenvalue weighted by atomic mass is 9.89. The largest absolute Gasteiger partial charge is 0.493 e. The SMILES string of the molecule is O=C(On1ccc2c(-c3cnn(CC4CCCCC4)c3)ccnc21)C(F)(F)F. The molecule has 0 aromatic carbocycles. The Bertz CT molecular complexity index is 987. The molecule has 0 radical (unpaired) electrons. The summed E-state index contributed by atoms with van der Waals surface area (Å²) >= 11 is 0. The molecule has 0 aliphatic heterocycles. The van der Waals surface area contributed by atoms with E-state index >= 15 is 0 Å².